The first-order valence-electron chi connectivity index (χ1n) is 5.90. The van der Waals surface area contributed by atoms with E-state index in [4.69, 9.17) is 10.00 Å². The minimum absolute atomic E-state index is 0.0551. The highest BCUT2D eigenvalue weighted by atomic mass is 32.2. The summed E-state index contributed by atoms with van der Waals surface area (Å²) in [5.74, 6) is -0.428. The van der Waals surface area contributed by atoms with Crippen LogP contribution in [0.1, 0.15) is 26.7 Å². The largest absolute Gasteiger partial charge is 0.462 e. The van der Waals surface area contributed by atoms with Gasteiger partial charge in [0.2, 0.25) is 5.91 Å². The van der Waals surface area contributed by atoms with Gasteiger partial charge in [-0.05, 0) is 13.3 Å². The van der Waals surface area contributed by atoms with Crippen LogP contribution in [0.5, 0.6) is 0 Å². The number of thioether (sulfide) groups is 1. The van der Waals surface area contributed by atoms with Gasteiger partial charge in [-0.2, -0.15) is 5.26 Å². The van der Waals surface area contributed by atoms with Gasteiger partial charge >= 0.3 is 5.97 Å². The van der Waals surface area contributed by atoms with Gasteiger partial charge in [-0.15, -0.1) is 0 Å². The van der Waals surface area contributed by atoms with Crippen LogP contribution >= 0.6 is 11.8 Å². The predicted molar refractivity (Wildman–Crippen MR) is 68.4 cm³/mol. The summed E-state index contributed by atoms with van der Waals surface area (Å²) in [6.07, 6.45) is 1.79. The minimum atomic E-state index is -0.654. The first kappa shape index (κ1) is 14.6. The second kappa shape index (κ2) is 7.07. The second-order valence-electron chi connectivity index (χ2n) is 3.70. The fraction of sp³-hybridized carbons (Fsp3) is 0.583. The Morgan fingerprint density at radius 1 is 1.56 bits per heavy atom. The van der Waals surface area contributed by atoms with Gasteiger partial charge in [-0.25, -0.2) is 4.79 Å². The van der Waals surface area contributed by atoms with Crippen LogP contribution < -0.4 is 0 Å². The van der Waals surface area contributed by atoms with Crippen molar-refractivity contribution in [3.05, 3.63) is 10.6 Å². The number of rotatable bonds is 5. The quantitative estimate of drug-likeness (QED) is 0.431. The Morgan fingerprint density at radius 3 is 2.83 bits per heavy atom. The third-order valence-electron chi connectivity index (χ3n) is 2.42. The number of carbonyl (C=O) groups excluding carboxylic acids is 2. The maximum Gasteiger partial charge on any atom is 0.351 e. The maximum atomic E-state index is 11.7. The van der Waals surface area contributed by atoms with E-state index < -0.39 is 5.97 Å². The number of nitriles is 1. The average Bonchev–Trinajstić information content (AvgIpc) is 2.70. The molecule has 98 valence electrons. The molecule has 0 aromatic rings. The van der Waals surface area contributed by atoms with Gasteiger partial charge in [-0.1, -0.05) is 25.1 Å². The monoisotopic (exact) mass is 268 g/mol. The smallest absolute Gasteiger partial charge is 0.351 e. The number of carbonyl (C=O) groups is 2. The van der Waals surface area contributed by atoms with Crippen molar-refractivity contribution in [1.82, 2.24) is 4.90 Å². The molecule has 1 aliphatic rings. The Balaban J connectivity index is 2.98. The summed E-state index contributed by atoms with van der Waals surface area (Å²) in [6.45, 7) is 4.46. The van der Waals surface area contributed by atoms with Crippen LogP contribution in [0.25, 0.3) is 0 Å². The molecule has 0 saturated carbocycles. The molecule has 1 rings (SSSR count). The molecular weight excluding hydrogens is 252 g/mol. The number of nitrogens with zero attached hydrogens (tertiary/aromatic N) is 2. The molecule has 0 aromatic carbocycles. The van der Waals surface area contributed by atoms with Crippen molar-refractivity contribution in [3.8, 4) is 6.07 Å². The molecular formula is C12H16N2O3S. The lowest BCUT2D eigenvalue weighted by atomic mass is 10.2. The Kier molecular flexibility index (Phi) is 5.72. The fourth-order valence-electron chi connectivity index (χ4n) is 1.53. The number of hydrogen-bond acceptors (Lipinski definition) is 5. The summed E-state index contributed by atoms with van der Waals surface area (Å²) in [5, 5.41) is 9.49. The van der Waals surface area contributed by atoms with Crippen LogP contribution in [-0.2, 0) is 14.3 Å². The fourth-order valence-corrected chi connectivity index (χ4v) is 2.57. The normalized spacial score (nSPS) is 17.6. The third kappa shape index (κ3) is 3.26. The number of ether oxygens (including phenoxy) is 1. The van der Waals surface area contributed by atoms with Crippen LogP contribution in [0.4, 0.5) is 0 Å². The molecule has 0 N–H and O–H groups in total. The van der Waals surface area contributed by atoms with E-state index in [0.717, 1.165) is 12.8 Å². The Bertz CT molecular complexity index is 412. The van der Waals surface area contributed by atoms with Gasteiger partial charge in [0.15, 0.2) is 5.57 Å². The second-order valence-corrected chi connectivity index (χ2v) is 4.66. The molecule has 18 heavy (non-hydrogen) atoms. The molecule has 5 nitrogen and oxygen atoms in total. The zero-order valence-electron chi connectivity index (χ0n) is 10.6. The number of amides is 1. The Labute approximate surface area is 111 Å². The summed E-state index contributed by atoms with van der Waals surface area (Å²) in [7, 11) is 0. The molecule has 6 heteroatoms. The highest BCUT2D eigenvalue weighted by molar-refractivity contribution is 8.04. The number of hydrogen-bond donors (Lipinski definition) is 0. The van der Waals surface area contributed by atoms with Crippen LogP contribution in [0.15, 0.2) is 10.6 Å². The Hall–Kier alpha value is -1.48. The topological polar surface area (TPSA) is 70.4 Å². The third-order valence-corrected chi connectivity index (χ3v) is 3.51. The molecule has 1 fully saturated rings. The summed E-state index contributed by atoms with van der Waals surface area (Å²) >= 11 is 1.23. The standard InChI is InChI=1S/C12H16N2O3S/c1-3-5-6-14-10(15)8-18-11(14)9(7-13)12(16)17-4-2/h3-6,8H2,1-2H3/b11-9-. The van der Waals surface area contributed by atoms with Gasteiger partial charge in [0.25, 0.3) is 0 Å². The van der Waals surface area contributed by atoms with Crippen molar-refractivity contribution in [2.75, 3.05) is 18.9 Å². The van der Waals surface area contributed by atoms with E-state index in [2.05, 4.69) is 0 Å². The molecule has 1 amide bonds. The highest BCUT2D eigenvalue weighted by Gasteiger charge is 2.31. The lowest BCUT2D eigenvalue weighted by Gasteiger charge is -2.17. The van der Waals surface area contributed by atoms with E-state index in [1.165, 1.54) is 16.7 Å². The van der Waals surface area contributed by atoms with E-state index in [0.29, 0.717) is 11.6 Å². The maximum absolute atomic E-state index is 11.7. The first-order valence-corrected chi connectivity index (χ1v) is 6.88. The SMILES string of the molecule is CCCCN1C(=O)CS/C1=C(/C#N)C(=O)OCC. The number of unbranched alkanes of at least 4 members (excludes halogenated alkanes) is 1. The van der Waals surface area contributed by atoms with E-state index in [9.17, 15) is 9.59 Å². The molecule has 0 spiro atoms. The minimum Gasteiger partial charge on any atom is -0.462 e. The zero-order chi connectivity index (χ0) is 13.5. The summed E-state index contributed by atoms with van der Waals surface area (Å²) in [4.78, 5) is 24.9. The van der Waals surface area contributed by atoms with Gasteiger partial charge < -0.3 is 9.64 Å². The van der Waals surface area contributed by atoms with Crippen molar-refractivity contribution in [2.45, 2.75) is 26.7 Å². The average molecular weight is 268 g/mol. The lowest BCUT2D eigenvalue weighted by molar-refractivity contribution is -0.138. The predicted octanol–water partition coefficient (Wildman–Crippen LogP) is 1.66. The number of esters is 1. The van der Waals surface area contributed by atoms with Crippen LogP contribution in [-0.4, -0.2) is 35.7 Å². The molecule has 1 saturated heterocycles. The molecule has 0 radical (unpaired) electrons. The molecule has 0 bridgehead atoms. The molecule has 1 heterocycles. The van der Waals surface area contributed by atoms with E-state index in [-0.39, 0.29) is 23.8 Å². The first-order chi connectivity index (χ1) is 8.65. The van der Waals surface area contributed by atoms with Crippen LogP contribution in [0.3, 0.4) is 0 Å². The van der Waals surface area contributed by atoms with E-state index in [1.54, 1.807) is 6.92 Å². The van der Waals surface area contributed by atoms with E-state index >= 15 is 0 Å². The molecule has 0 unspecified atom stereocenters. The Morgan fingerprint density at radius 2 is 2.28 bits per heavy atom. The van der Waals surface area contributed by atoms with Crippen molar-refractivity contribution in [3.63, 3.8) is 0 Å². The molecule has 0 atom stereocenters. The van der Waals surface area contributed by atoms with Crippen molar-refractivity contribution >= 4 is 23.6 Å². The van der Waals surface area contributed by atoms with Crippen LogP contribution in [0.2, 0.25) is 0 Å². The van der Waals surface area contributed by atoms with Gasteiger partial charge in [0.05, 0.1) is 12.4 Å². The van der Waals surface area contributed by atoms with Gasteiger partial charge in [0, 0.05) is 6.54 Å². The summed E-state index contributed by atoms with van der Waals surface area (Å²) in [5.41, 5.74) is -0.0659. The zero-order valence-corrected chi connectivity index (χ0v) is 11.4. The van der Waals surface area contributed by atoms with Gasteiger partial charge in [-0.3, -0.25) is 4.79 Å². The van der Waals surface area contributed by atoms with E-state index in [1.807, 2.05) is 13.0 Å². The molecule has 1 aliphatic heterocycles. The van der Waals surface area contributed by atoms with Gasteiger partial charge in [0.1, 0.15) is 11.1 Å². The van der Waals surface area contributed by atoms with Crippen molar-refractivity contribution < 1.29 is 14.3 Å². The molecule has 0 aliphatic carbocycles. The molecule has 0 aromatic heterocycles. The summed E-state index contributed by atoms with van der Waals surface area (Å²) in [6, 6.07) is 1.85. The lowest BCUT2D eigenvalue weighted by Crippen LogP contribution is -2.27. The summed E-state index contributed by atoms with van der Waals surface area (Å²) < 4.78 is 4.82. The van der Waals surface area contributed by atoms with Crippen LogP contribution in [0, 0.1) is 11.3 Å². The highest BCUT2D eigenvalue weighted by Crippen LogP contribution is 2.32. The van der Waals surface area contributed by atoms with Crippen molar-refractivity contribution in [1.29, 1.82) is 5.26 Å². The van der Waals surface area contributed by atoms with Crippen molar-refractivity contribution in [2.24, 2.45) is 0 Å².